The third-order valence-corrected chi connectivity index (χ3v) is 6.47. The zero-order valence-electron chi connectivity index (χ0n) is 11.7. The molecular weight excluding hydrogens is 268 g/mol. The summed E-state index contributed by atoms with van der Waals surface area (Å²) in [7, 11) is -3.12. The number of hydrogen-bond acceptors (Lipinski definition) is 5. The number of hydrogen-bond donors (Lipinski definition) is 1. The van der Waals surface area contributed by atoms with E-state index in [1.54, 1.807) is 18.7 Å². The van der Waals surface area contributed by atoms with Crippen molar-refractivity contribution in [3.8, 4) is 0 Å². The van der Waals surface area contributed by atoms with Gasteiger partial charge in [-0.25, -0.2) is 8.42 Å². The van der Waals surface area contributed by atoms with Gasteiger partial charge < -0.3 is 15.0 Å². The Balaban J connectivity index is 2.09. The lowest BCUT2D eigenvalue weighted by Gasteiger charge is -2.40. The Kier molecular flexibility index (Phi) is 3.90. The highest BCUT2D eigenvalue weighted by atomic mass is 32.2. The molecule has 1 N–H and O–H groups in total. The Morgan fingerprint density at radius 3 is 2.68 bits per heavy atom. The molecule has 0 unspecified atom stereocenters. The van der Waals surface area contributed by atoms with Crippen LogP contribution in [0.2, 0.25) is 0 Å². The fourth-order valence-corrected chi connectivity index (χ4v) is 3.90. The van der Waals surface area contributed by atoms with Crippen molar-refractivity contribution >= 4 is 15.7 Å². The molecule has 7 heteroatoms. The Morgan fingerprint density at radius 1 is 1.42 bits per heavy atom. The number of nitrogens with one attached hydrogen (secondary N) is 1. The van der Waals surface area contributed by atoms with Crippen molar-refractivity contribution in [2.45, 2.75) is 37.7 Å². The summed E-state index contributed by atoms with van der Waals surface area (Å²) in [6.45, 7) is 6.99. The average Bonchev–Trinajstić information content (AvgIpc) is 2.32. The van der Waals surface area contributed by atoms with Crippen LogP contribution in [0.15, 0.2) is 0 Å². The Labute approximate surface area is 114 Å². The molecule has 2 aliphatic heterocycles. The molecule has 0 aromatic rings. The maximum absolute atomic E-state index is 12.5. The lowest BCUT2D eigenvalue weighted by molar-refractivity contribution is -0.139. The Bertz CT molecular complexity index is 460. The van der Waals surface area contributed by atoms with E-state index in [1.807, 2.05) is 6.92 Å². The van der Waals surface area contributed by atoms with Crippen LogP contribution in [0.5, 0.6) is 0 Å². The highest BCUT2D eigenvalue weighted by Gasteiger charge is 2.43. The molecule has 6 nitrogen and oxygen atoms in total. The van der Waals surface area contributed by atoms with Crippen molar-refractivity contribution in [1.29, 1.82) is 0 Å². The molecule has 19 heavy (non-hydrogen) atoms. The third kappa shape index (κ3) is 2.78. The van der Waals surface area contributed by atoms with Crippen molar-refractivity contribution in [2.75, 3.05) is 32.0 Å². The summed E-state index contributed by atoms with van der Waals surface area (Å²) in [6, 6.07) is -0.370. The van der Waals surface area contributed by atoms with Gasteiger partial charge in [0, 0.05) is 19.6 Å². The van der Waals surface area contributed by atoms with Gasteiger partial charge in [0.2, 0.25) is 5.91 Å². The van der Waals surface area contributed by atoms with Crippen LogP contribution in [-0.4, -0.2) is 68.1 Å². The van der Waals surface area contributed by atoms with Crippen LogP contribution in [0.25, 0.3) is 0 Å². The Hall–Kier alpha value is -0.660. The molecule has 0 spiro atoms. The molecule has 0 saturated carbocycles. The van der Waals surface area contributed by atoms with E-state index in [-0.39, 0.29) is 36.9 Å². The van der Waals surface area contributed by atoms with E-state index < -0.39 is 14.6 Å². The van der Waals surface area contributed by atoms with Gasteiger partial charge in [-0.05, 0) is 20.8 Å². The van der Waals surface area contributed by atoms with Gasteiger partial charge in [0.25, 0.3) is 0 Å². The first-order valence-electron chi connectivity index (χ1n) is 6.61. The first kappa shape index (κ1) is 14.7. The first-order valence-corrected chi connectivity index (χ1v) is 8.26. The fourth-order valence-electron chi connectivity index (χ4n) is 2.54. The third-order valence-electron chi connectivity index (χ3n) is 3.94. The number of amides is 1. The molecule has 2 atom stereocenters. The summed E-state index contributed by atoms with van der Waals surface area (Å²) in [4.78, 5) is 14.1. The fraction of sp³-hybridized carbons (Fsp3) is 0.917. The summed E-state index contributed by atoms with van der Waals surface area (Å²) in [5.41, 5.74) is 0. The quantitative estimate of drug-likeness (QED) is 0.698. The van der Waals surface area contributed by atoms with E-state index in [1.165, 1.54) is 0 Å². The van der Waals surface area contributed by atoms with Gasteiger partial charge >= 0.3 is 0 Å². The average molecular weight is 290 g/mol. The van der Waals surface area contributed by atoms with Gasteiger partial charge in [-0.3, -0.25) is 4.79 Å². The van der Waals surface area contributed by atoms with E-state index in [2.05, 4.69) is 5.32 Å². The Morgan fingerprint density at radius 2 is 2.11 bits per heavy atom. The SMILES string of the molecule is C[C@H]1OCCN[C@@H]1C(=O)N1CCS(=O)(=O)C(C)(C)C1. The van der Waals surface area contributed by atoms with Crippen LogP contribution in [0, 0.1) is 0 Å². The summed E-state index contributed by atoms with van der Waals surface area (Å²) >= 11 is 0. The molecule has 1 amide bonds. The van der Waals surface area contributed by atoms with E-state index in [0.29, 0.717) is 13.2 Å². The summed E-state index contributed by atoms with van der Waals surface area (Å²) in [5, 5.41) is 3.15. The smallest absolute Gasteiger partial charge is 0.242 e. The number of carbonyl (C=O) groups is 1. The molecule has 0 aromatic carbocycles. The summed E-state index contributed by atoms with van der Waals surface area (Å²) in [5.74, 6) is -0.0246. The van der Waals surface area contributed by atoms with Crippen LogP contribution >= 0.6 is 0 Å². The second-order valence-corrected chi connectivity index (χ2v) is 8.59. The molecule has 0 aromatic heterocycles. The predicted octanol–water partition coefficient (Wildman–Crippen LogP) is -0.601. The van der Waals surface area contributed by atoms with E-state index in [4.69, 9.17) is 4.74 Å². The minimum absolute atomic E-state index is 0.0354. The highest BCUT2D eigenvalue weighted by Crippen LogP contribution is 2.24. The molecule has 2 aliphatic rings. The molecule has 0 bridgehead atoms. The molecule has 2 saturated heterocycles. The van der Waals surface area contributed by atoms with Crippen molar-refractivity contribution in [1.82, 2.24) is 10.2 Å². The molecular formula is C12H22N2O4S. The maximum atomic E-state index is 12.5. The topological polar surface area (TPSA) is 75.7 Å². The van der Waals surface area contributed by atoms with Gasteiger partial charge in [-0.2, -0.15) is 0 Å². The number of morpholine rings is 1. The molecule has 110 valence electrons. The first-order chi connectivity index (χ1) is 8.74. The largest absolute Gasteiger partial charge is 0.375 e. The lowest BCUT2D eigenvalue weighted by Crippen LogP contribution is -2.61. The molecule has 2 rings (SSSR count). The van der Waals surface area contributed by atoms with Crippen molar-refractivity contribution in [3.63, 3.8) is 0 Å². The van der Waals surface area contributed by atoms with Gasteiger partial charge in [0.05, 0.1) is 23.2 Å². The van der Waals surface area contributed by atoms with Gasteiger partial charge in [-0.1, -0.05) is 0 Å². The van der Waals surface area contributed by atoms with Gasteiger partial charge in [0.1, 0.15) is 6.04 Å². The van der Waals surface area contributed by atoms with Crippen molar-refractivity contribution < 1.29 is 17.9 Å². The lowest BCUT2D eigenvalue weighted by atomic mass is 10.1. The number of carbonyl (C=O) groups excluding carboxylic acids is 1. The minimum atomic E-state index is -3.12. The van der Waals surface area contributed by atoms with Gasteiger partial charge in [-0.15, -0.1) is 0 Å². The highest BCUT2D eigenvalue weighted by molar-refractivity contribution is 7.92. The second kappa shape index (κ2) is 5.03. The maximum Gasteiger partial charge on any atom is 0.242 e. The number of rotatable bonds is 1. The van der Waals surface area contributed by atoms with Crippen molar-refractivity contribution in [2.24, 2.45) is 0 Å². The minimum Gasteiger partial charge on any atom is -0.375 e. The van der Waals surface area contributed by atoms with Crippen LogP contribution in [0.3, 0.4) is 0 Å². The molecule has 0 aliphatic carbocycles. The van der Waals surface area contributed by atoms with Crippen LogP contribution in [-0.2, 0) is 19.4 Å². The van der Waals surface area contributed by atoms with Gasteiger partial charge in [0.15, 0.2) is 9.84 Å². The van der Waals surface area contributed by atoms with E-state index in [9.17, 15) is 13.2 Å². The monoisotopic (exact) mass is 290 g/mol. The summed E-state index contributed by atoms with van der Waals surface area (Å²) in [6.07, 6.45) is -0.178. The predicted molar refractivity (Wildman–Crippen MR) is 71.7 cm³/mol. The second-order valence-electron chi connectivity index (χ2n) is 5.85. The zero-order valence-corrected chi connectivity index (χ0v) is 12.5. The van der Waals surface area contributed by atoms with E-state index >= 15 is 0 Å². The standard InChI is InChI=1S/C12H22N2O4S/c1-9-10(13-4-6-18-9)11(15)14-5-7-19(16,17)12(2,3)8-14/h9-10,13H,4-8H2,1-3H3/t9-,10+/m1/s1. The van der Waals surface area contributed by atoms with E-state index in [0.717, 1.165) is 0 Å². The van der Waals surface area contributed by atoms with Crippen LogP contribution < -0.4 is 5.32 Å². The molecule has 0 radical (unpaired) electrons. The molecule has 2 heterocycles. The number of sulfone groups is 1. The molecule has 2 fully saturated rings. The van der Waals surface area contributed by atoms with Crippen LogP contribution in [0.4, 0.5) is 0 Å². The van der Waals surface area contributed by atoms with Crippen molar-refractivity contribution in [3.05, 3.63) is 0 Å². The zero-order chi connectivity index (χ0) is 14.3. The summed E-state index contributed by atoms with van der Waals surface area (Å²) < 4.78 is 28.5. The van der Waals surface area contributed by atoms with Crippen LogP contribution in [0.1, 0.15) is 20.8 Å². The number of ether oxygens (including phenoxy) is 1. The number of nitrogens with zero attached hydrogens (tertiary/aromatic N) is 1. The normalized spacial score (nSPS) is 33.9.